The highest BCUT2D eigenvalue weighted by Gasteiger charge is 2.68. The van der Waals surface area contributed by atoms with Gasteiger partial charge in [-0.25, -0.2) is 0 Å². The Hall–Kier alpha value is -1.43. The molecule has 3 heterocycles. The van der Waals surface area contributed by atoms with E-state index >= 15 is 0 Å². The topological polar surface area (TPSA) is 295 Å². The van der Waals surface area contributed by atoms with Crippen LogP contribution < -0.4 is 0 Å². The third-order valence-corrected chi connectivity index (χ3v) is 17.8. The van der Waals surface area contributed by atoms with Crippen LogP contribution in [0.3, 0.4) is 0 Å². The van der Waals surface area contributed by atoms with E-state index in [0.717, 1.165) is 43.4 Å². The molecule has 2 saturated heterocycles. The van der Waals surface area contributed by atoms with Crippen molar-refractivity contribution in [3.05, 3.63) is 11.3 Å². The molecule has 0 aromatic carbocycles. The molecule has 5 aliphatic carbocycles. The highest BCUT2D eigenvalue weighted by atomic mass is 16.7. The first-order valence-corrected chi connectivity index (χ1v) is 23.8. The summed E-state index contributed by atoms with van der Waals surface area (Å²) in [5, 5.41) is 114. The Morgan fingerprint density at radius 3 is 2.11 bits per heavy atom. The number of rotatable bonds is 13. The minimum atomic E-state index is -1.76. The van der Waals surface area contributed by atoms with Crippen LogP contribution in [0.4, 0.5) is 0 Å². The Morgan fingerprint density at radius 2 is 1.41 bits per heavy atom. The Kier molecular flexibility index (Phi) is 14.7. The number of Topliss-reactive ketones (excluding diaryl/α,β-unsaturated/α-hetero) is 1. The standard InChI is InChI=1S/C46H74O18/c1-19(18-59-29-11-21(15-47)34(51)37(54)35(29)52)5-8-27-20(2)33-28(61-27)13-26-24-7-6-22-12-23(9-10-45(22,3)25(24)14-32(50)46(26,33)4)60-43-41(58)39(56)42(31(17-49)63-43)64-44-40(57)38(55)36(53)30(16-48)62-44/h19,21-26,28-31,33-44,47-49,51-58H,5-18H2,1-4H3. The number of ether oxygens (including phenoxy) is 6. The predicted octanol–water partition coefficient (Wildman–Crippen LogP) is -0.987. The van der Waals surface area contributed by atoms with Crippen molar-refractivity contribution in [1.29, 1.82) is 0 Å². The van der Waals surface area contributed by atoms with Gasteiger partial charge in [-0.15, -0.1) is 0 Å². The molecular formula is C46H74O18. The highest BCUT2D eigenvalue weighted by molar-refractivity contribution is 5.87. The summed E-state index contributed by atoms with van der Waals surface area (Å²) in [6, 6.07) is 0. The summed E-state index contributed by atoms with van der Waals surface area (Å²) in [6.45, 7) is 7.38. The number of hydrogen-bond acceptors (Lipinski definition) is 18. The first kappa shape index (κ1) is 49.0. The molecule has 11 N–H and O–H groups in total. The number of carbonyl (C=O) groups excluding carboxylic acids is 1. The smallest absolute Gasteiger partial charge is 0.187 e. The molecule has 0 aromatic heterocycles. The first-order valence-electron chi connectivity index (χ1n) is 23.8. The van der Waals surface area contributed by atoms with Gasteiger partial charge >= 0.3 is 0 Å². The van der Waals surface area contributed by atoms with Crippen molar-refractivity contribution in [2.24, 2.45) is 52.3 Å². The number of ketones is 1. The molecule has 0 spiro atoms. The summed E-state index contributed by atoms with van der Waals surface area (Å²) in [5.41, 5.74) is 0.524. The van der Waals surface area contributed by atoms with Gasteiger partial charge in [-0.2, -0.15) is 0 Å². The van der Waals surface area contributed by atoms with E-state index in [1.54, 1.807) is 0 Å². The van der Waals surface area contributed by atoms with Crippen molar-refractivity contribution >= 4 is 5.78 Å². The Labute approximate surface area is 374 Å². The second-order valence-corrected chi connectivity index (χ2v) is 21.2. The van der Waals surface area contributed by atoms with E-state index in [2.05, 4.69) is 27.7 Å². The lowest BCUT2D eigenvalue weighted by molar-refractivity contribution is -0.364. The van der Waals surface area contributed by atoms with Gasteiger partial charge in [-0.3, -0.25) is 4.79 Å². The monoisotopic (exact) mass is 914 g/mol. The van der Waals surface area contributed by atoms with Gasteiger partial charge in [-0.05, 0) is 98.9 Å². The maximum atomic E-state index is 14.6. The molecule has 25 atom stereocenters. The first-order chi connectivity index (χ1) is 30.4. The van der Waals surface area contributed by atoms with Crippen molar-refractivity contribution in [3.8, 4) is 0 Å². The number of carbonyl (C=O) groups is 1. The summed E-state index contributed by atoms with van der Waals surface area (Å²) in [7, 11) is 0. The number of allylic oxidation sites excluding steroid dienone is 1. The molecule has 18 heteroatoms. The quantitative estimate of drug-likeness (QED) is 0.0990. The minimum Gasteiger partial charge on any atom is -0.494 e. The molecule has 8 rings (SSSR count). The van der Waals surface area contributed by atoms with Crippen LogP contribution in [0.1, 0.15) is 91.9 Å². The van der Waals surface area contributed by atoms with E-state index in [9.17, 15) is 61.0 Å². The fourth-order valence-electron chi connectivity index (χ4n) is 13.8. The predicted molar refractivity (Wildman–Crippen MR) is 221 cm³/mol. The zero-order valence-corrected chi connectivity index (χ0v) is 37.5. The third kappa shape index (κ3) is 8.44. The number of aliphatic hydroxyl groups is 11. The number of hydrogen-bond donors (Lipinski definition) is 11. The molecule has 366 valence electrons. The van der Waals surface area contributed by atoms with E-state index in [1.165, 1.54) is 0 Å². The third-order valence-electron chi connectivity index (χ3n) is 17.8. The van der Waals surface area contributed by atoms with E-state index in [1.807, 2.05) is 0 Å². The van der Waals surface area contributed by atoms with Crippen molar-refractivity contribution in [3.63, 3.8) is 0 Å². The highest BCUT2D eigenvalue weighted by Crippen LogP contribution is 2.69. The second-order valence-electron chi connectivity index (χ2n) is 21.2. The van der Waals surface area contributed by atoms with E-state index < -0.39 is 110 Å². The summed E-state index contributed by atoms with van der Waals surface area (Å²) >= 11 is 0. The lowest BCUT2D eigenvalue weighted by Gasteiger charge is -2.60. The fourth-order valence-corrected chi connectivity index (χ4v) is 13.8. The largest absolute Gasteiger partial charge is 0.494 e. The molecule has 18 nitrogen and oxygen atoms in total. The SMILES string of the molecule is CC1=C(CCC(C)COC2CC(CO)C(O)C(O)C2O)OC2CC3C4CCC5CC(OC6OC(CO)C(OC7OC(CO)C(O)C(O)C7O)C(O)C6O)CCC5(C)C4CC(=O)C3(C)C12. The van der Waals surface area contributed by atoms with Gasteiger partial charge < -0.3 is 84.6 Å². The number of aliphatic hydroxyl groups excluding tert-OH is 11. The van der Waals surface area contributed by atoms with Crippen molar-refractivity contribution < 1.29 is 89.4 Å². The van der Waals surface area contributed by atoms with Gasteiger partial charge in [0.1, 0.15) is 72.9 Å². The van der Waals surface area contributed by atoms with Crippen LogP contribution in [0, 0.1) is 52.3 Å². The summed E-state index contributed by atoms with van der Waals surface area (Å²) in [5.74, 6) is 1.83. The van der Waals surface area contributed by atoms with Crippen LogP contribution >= 0.6 is 0 Å². The van der Waals surface area contributed by atoms with Crippen LogP contribution in [0.25, 0.3) is 0 Å². The Morgan fingerprint density at radius 1 is 0.734 bits per heavy atom. The molecule has 0 amide bonds. The number of fused-ring (bicyclic) bond motifs is 7. The fraction of sp³-hybridized carbons (Fsp3) is 0.935. The van der Waals surface area contributed by atoms with Crippen LogP contribution in [-0.2, 0) is 33.2 Å². The Balaban J connectivity index is 0.855. The summed E-state index contributed by atoms with van der Waals surface area (Å²) in [6.07, 6.45) is -13.0. The lowest BCUT2D eigenvalue weighted by atomic mass is 9.44. The average molecular weight is 915 g/mol. The second kappa shape index (κ2) is 19.2. The molecular weight excluding hydrogens is 840 g/mol. The zero-order chi connectivity index (χ0) is 46.2. The summed E-state index contributed by atoms with van der Waals surface area (Å²) in [4.78, 5) is 14.6. The normalized spacial score (nSPS) is 52.1. The van der Waals surface area contributed by atoms with Gasteiger partial charge in [0.2, 0.25) is 0 Å². The van der Waals surface area contributed by atoms with Gasteiger partial charge in [0.05, 0.1) is 37.3 Å². The van der Waals surface area contributed by atoms with E-state index in [4.69, 9.17) is 28.4 Å². The van der Waals surface area contributed by atoms with E-state index in [-0.39, 0.29) is 60.2 Å². The van der Waals surface area contributed by atoms with Gasteiger partial charge in [0.15, 0.2) is 12.6 Å². The zero-order valence-electron chi connectivity index (χ0n) is 37.5. The van der Waals surface area contributed by atoms with Crippen LogP contribution in [-0.4, -0.2) is 186 Å². The summed E-state index contributed by atoms with van der Waals surface area (Å²) < 4.78 is 36.2. The van der Waals surface area contributed by atoms with E-state index in [0.29, 0.717) is 44.0 Å². The maximum absolute atomic E-state index is 14.6. The molecule has 0 bridgehead atoms. The van der Waals surface area contributed by atoms with Gasteiger partial charge in [0.25, 0.3) is 0 Å². The maximum Gasteiger partial charge on any atom is 0.187 e. The van der Waals surface area contributed by atoms with Crippen LogP contribution in [0.2, 0.25) is 0 Å². The molecule has 25 unspecified atom stereocenters. The Bertz CT molecular complexity index is 1660. The molecule has 3 aliphatic heterocycles. The van der Waals surface area contributed by atoms with Crippen molar-refractivity contribution in [2.45, 2.75) is 190 Å². The van der Waals surface area contributed by atoms with Gasteiger partial charge in [0, 0.05) is 43.3 Å². The average Bonchev–Trinajstić information content (AvgIpc) is 3.77. The van der Waals surface area contributed by atoms with Crippen molar-refractivity contribution in [2.75, 3.05) is 26.4 Å². The minimum absolute atomic E-state index is 0.0186. The molecule has 5 saturated carbocycles. The van der Waals surface area contributed by atoms with Crippen LogP contribution in [0.5, 0.6) is 0 Å². The molecule has 8 aliphatic rings. The molecule has 64 heavy (non-hydrogen) atoms. The molecule has 0 radical (unpaired) electrons. The van der Waals surface area contributed by atoms with Crippen molar-refractivity contribution in [1.82, 2.24) is 0 Å². The van der Waals surface area contributed by atoms with Crippen LogP contribution in [0.15, 0.2) is 11.3 Å². The van der Waals surface area contributed by atoms with Gasteiger partial charge in [-0.1, -0.05) is 20.8 Å². The lowest BCUT2D eigenvalue weighted by Crippen LogP contribution is -2.65. The molecule has 0 aromatic rings. The molecule has 7 fully saturated rings.